The van der Waals surface area contributed by atoms with Crippen LogP contribution in [0.25, 0.3) is 11.1 Å². The molecule has 0 spiro atoms. The van der Waals surface area contributed by atoms with Crippen LogP contribution in [0.3, 0.4) is 0 Å². The number of benzene rings is 2. The number of anilines is 1. The van der Waals surface area contributed by atoms with Crippen LogP contribution < -0.4 is 4.90 Å². The van der Waals surface area contributed by atoms with Gasteiger partial charge < -0.3 is 4.74 Å². The van der Waals surface area contributed by atoms with E-state index in [0.717, 1.165) is 22.4 Å². The summed E-state index contributed by atoms with van der Waals surface area (Å²) in [6, 6.07) is 17.3. The number of esters is 1. The molecular weight excluding hydrogens is 290 g/mol. The van der Waals surface area contributed by atoms with Crippen LogP contribution in [0, 0.1) is 0 Å². The lowest BCUT2D eigenvalue weighted by molar-refractivity contribution is -0.141. The van der Waals surface area contributed by atoms with Gasteiger partial charge in [-0.25, -0.2) is 0 Å². The number of para-hydroxylation sites is 1. The van der Waals surface area contributed by atoms with Crippen LogP contribution in [0.5, 0.6) is 0 Å². The van der Waals surface area contributed by atoms with E-state index in [2.05, 4.69) is 0 Å². The van der Waals surface area contributed by atoms with Crippen LogP contribution in [0.1, 0.15) is 25.0 Å². The maximum absolute atomic E-state index is 12.9. The number of carbonyl (C=O) groups excluding carboxylic acids is 2. The van der Waals surface area contributed by atoms with Gasteiger partial charge in [0, 0.05) is 12.5 Å². The smallest absolute Gasteiger partial charge is 0.304 e. The number of fused-ring (bicyclic) bond motifs is 1. The summed E-state index contributed by atoms with van der Waals surface area (Å²) in [5.41, 5.74) is 4.20. The zero-order valence-electron chi connectivity index (χ0n) is 13.1. The van der Waals surface area contributed by atoms with Gasteiger partial charge in [-0.2, -0.15) is 0 Å². The van der Waals surface area contributed by atoms with Gasteiger partial charge in [0.2, 0.25) is 0 Å². The Morgan fingerprint density at radius 1 is 1.00 bits per heavy atom. The van der Waals surface area contributed by atoms with Gasteiger partial charge in [0.05, 0.1) is 11.3 Å². The number of rotatable bonds is 3. The van der Waals surface area contributed by atoms with Crippen LogP contribution in [0.4, 0.5) is 5.69 Å². The Morgan fingerprint density at radius 3 is 2.35 bits per heavy atom. The normalized spacial score (nSPS) is 15.4. The number of carbonyl (C=O) groups is 2. The molecule has 0 atom stereocenters. The second-order valence-electron chi connectivity index (χ2n) is 5.38. The van der Waals surface area contributed by atoms with E-state index < -0.39 is 5.97 Å². The standard InChI is InChI=1S/C19H17NO3/c1-13(15-8-4-3-5-9-15)18-16-10-6-7-11-17(16)20(19(18)22)12-23-14(2)21/h3-11H,12H2,1-2H3. The van der Waals surface area contributed by atoms with Gasteiger partial charge in [-0.3, -0.25) is 14.5 Å². The molecule has 1 aliphatic heterocycles. The minimum atomic E-state index is -0.410. The fourth-order valence-electron chi connectivity index (χ4n) is 2.76. The number of amides is 1. The lowest BCUT2D eigenvalue weighted by Crippen LogP contribution is -2.30. The van der Waals surface area contributed by atoms with E-state index >= 15 is 0 Å². The monoisotopic (exact) mass is 307 g/mol. The first-order chi connectivity index (χ1) is 11.1. The highest BCUT2D eigenvalue weighted by Crippen LogP contribution is 2.40. The first-order valence-corrected chi connectivity index (χ1v) is 7.40. The Bertz CT molecular complexity index is 793. The molecule has 2 aromatic rings. The molecule has 0 N–H and O–H groups in total. The predicted molar refractivity (Wildman–Crippen MR) is 89.5 cm³/mol. The summed E-state index contributed by atoms with van der Waals surface area (Å²) in [5.74, 6) is -0.554. The van der Waals surface area contributed by atoms with Crippen LogP contribution in [-0.4, -0.2) is 18.6 Å². The molecule has 3 rings (SSSR count). The fourth-order valence-corrected chi connectivity index (χ4v) is 2.76. The van der Waals surface area contributed by atoms with Crippen molar-refractivity contribution >= 4 is 28.7 Å². The van der Waals surface area contributed by atoms with Crippen LogP contribution in [0.15, 0.2) is 54.6 Å². The molecule has 0 bridgehead atoms. The summed E-state index contributed by atoms with van der Waals surface area (Å²) in [5, 5.41) is 0. The van der Waals surface area contributed by atoms with Crippen molar-refractivity contribution in [3.05, 3.63) is 65.7 Å². The number of nitrogens with zero attached hydrogens (tertiary/aromatic N) is 1. The van der Waals surface area contributed by atoms with E-state index in [1.54, 1.807) is 0 Å². The van der Waals surface area contributed by atoms with E-state index in [9.17, 15) is 9.59 Å². The van der Waals surface area contributed by atoms with Gasteiger partial charge in [-0.1, -0.05) is 48.5 Å². The van der Waals surface area contributed by atoms with Gasteiger partial charge >= 0.3 is 5.97 Å². The van der Waals surface area contributed by atoms with E-state index in [-0.39, 0.29) is 12.6 Å². The first kappa shape index (κ1) is 15.0. The van der Waals surface area contributed by atoms with Crippen molar-refractivity contribution in [1.82, 2.24) is 0 Å². The Morgan fingerprint density at radius 2 is 1.65 bits per heavy atom. The molecule has 4 heteroatoms. The second kappa shape index (κ2) is 6.08. The number of hydrogen-bond donors (Lipinski definition) is 0. The topological polar surface area (TPSA) is 46.6 Å². The number of allylic oxidation sites excluding steroid dienone is 1. The average Bonchev–Trinajstić information content (AvgIpc) is 2.84. The SMILES string of the molecule is CC(=O)OCN1C(=O)C(=C(C)c2ccccc2)c2ccccc21. The number of hydrogen-bond acceptors (Lipinski definition) is 3. The van der Waals surface area contributed by atoms with Gasteiger partial charge in [0.15, 0.2) is 6.73 Å². The lowest BCUT2D eigenvalue weighted by Gasteiger charge is -2.16. The van der Waals surface area contributed by atoms with Crippen molar-refractivity contribution in [3.63, 3.8) is 0 Å². The molecule has 1 heterocycles. The molecular formula is C19H17NO3. The molecule has 2 aromatic carbocycles. The summed E-state index contributed by atoms with van der Waals surface area (Å²) >= 11 is 0. The zero-order chi connectivity index (χ0) is 16.4. The molecule has 4 nitrogen and oxygen atoms in total. The Balaban J connectivity index is 2.09. The molecule has 0 fully saturated rings. The van der Waals surface area contributed by atoms with Crippen molar-refractivity contribution in [2.75, 3.05) is 11.6 Å². The lowest BCUT2D eigenvalue weighted by atomic mass is 9.97. The molecule has 116 valence electrons. The molecule has 1 aliphatic rings. The minimum Gasteiger partial charge on any atom is -0.444 e. The third-order valence-electron chi connectivity index (χ3n) is 3.90. The molecule has 0 aliphatic carbocycles. The van der Waals surface area contributed by atoms with Crippen molar-refractivity contribution in [2.24, 2.45) is 0 Å². The van der Waals surface area contributed by atoms with Gasteiger partial charge in [0.25, 0.3) is 5.91 Å². The van der Waals surface area contributed by atoms with Crippen molar-refractivity contribution in [1.29, 1.82) is 0 Å². The van der Waals surface area contributed by atoms with Gasteiger partial charge in [-0.05, 0) is 24.1 Å². The zero-order valence-corrected chi connectivity index (χ0v) is 13.1. The molecule has 23 heavy (non-hydrogen) atoms. The molecule has 0 unspecified atom stereocenters. The predicted octanol–water partition coefficient (Wildman–Crippen LogP) is 3.48. The summed E-state index contributed by atoms with van der Waals surface area (Å²) in [6.07, 6.45) is 0. The Hall–Kier alpha value is -2.88. The third kappa shape index (κ3) is 2.75. The quantitative estimate of drug-likeness (QED) is 0.644. The molecule has 0 aromatic heterocycles. The summed E-state index contributed by atoms with van der Waals surface area (Å²) in [4.78, 5) is 25.4. The Kier molecular flexibility index (Phi) is 3.98. The highest BCUT2D eigenvalue weighted by molar-refractivity contribution is 6.37. The molecule has 1 amide bonds. The van der Waals surface area contributed by atoms with E-state index in [0.29, 0.717) is 5.57 Å². The van der Waals surface area contributed by atoms with Crippen molar-refractivity contribution < 1.29 is 14.3 Å². The maximum Gasteiger partial charge on any atom is 0.304 e. The average molecular weight is 307 g/mol. The largest absolute Gasteiger partial charge is 0.444 e. The van der Waals surface area contributed by atoms with Crippen LogP contribution >= 0.6 is 0 Å². The van der Waals surface area contributed by atoms with Crippen molar-refractivity contribution in [2.45, 2.75) is 13.8 Å². The van der Waals surface area contributed by atoms with Gasteiger partial charge in [-0.15, -0.1) is 0 Å². The first-order valence-electron chi connectivity index (χ1n) is 7.40. The highest BCUT2D eigenvalue weighted by Gasteiger charge is 2.34. The highest BCUT2D eigenvalue weighted by atomic mass is 16.5. The molecule has 0 radical (unpaired) electrons. The van der Waals surface area contributed by atoms with Crippen molar-refractivity contribution in [3.8, 4) is 0 Å². The second-order valence-corrected chi connectivity index (χ2v) is 5.38. The van der Waals surface area contributed by atoms with Gasteiger partial charge in [0.1, 0.15) is 0 Å². The molecule has 0 saturated heterocycles. The Labute approximate surface area is 135 Å². The number of ether oxygens (including phenoxy) is 1. The fraction of sp³-hybridized carbons (Fsp3) is 0.158. The van der Waals surface area contributed by atoms with E-state index in [4.69, 9.17) is 4.74 Å². The maximum atomic E-state index is 12.9. The summed E-state index contributed by atoms with van der Waals surface area (Å²) in [7, 11) is 0. The molecule has 0 saturated carbocycles. The van der Waals surface area contributed by atoms with E-state index in [1.165, 1.54) is 11.8 Å². The van der Waals surface area contributed by atoms with Crippen LogP contribution in [-0.2, 0) is 14.3 Å². The summed E-state index contributed by atoms with van der Waals surface area (Å²) in [6.45, 7) is 3.20. The summed E-state index contributed by atoms with van der Waals surface area (Å²) < 4.78 is 5.03. The van der Waals surface area contributed by atoms with Crippen LogP contribution in [0.2, 0.25) is 0 Å². The minimum absolute atomic E-state index is 0.0727. The van der Waals surface area contributed by atoms with E-state index in [1.807, 2.05) is 61.5 Å². The third-order valence-corrected chi connectivity index (χ3v) is 3.90.